The van der Waals surface area contributed by atoms with E-state index >= 15 is 0 Å². The van der Waals surface area contributed by atoms with E-state index in [1.165, 1.54) is 55.6 Å². The van der Waals surface area contributed by atoms with Crippen LogP contribution in [0.5, 0.6) is 0 Å². The molecule has 2 saturated heterocycles. The van der Waals surface area contributed by atoms with Gasteiger partial charge in [-0.1, -0.05) is 6.07 Å². The van der Waals surface area contributed by atoms with E-state index in [0.29, 0.717) is 6.04 Å². The fourth-order valence-corrected chi connectivity index (χ4v) is 5.41. The average Bonchev–Trinajstić information content (AvgIpc) is 3.09. The molecule has 0 unspecified atom stereocenters. The Morgan fingerprint density at radius 1 is 0.968 bits per heavy atom. The molecular weight excluding hydrogens is 382 g/mol. The molecule has 0 aromatic carbocycles. The first kappa shape index (κ1) is 20.7. The third kappa shape index (κ3) is 4.53. The minimum absolute atomic E-state index is 0.679. The monoisotopic (exact) mass is 417 g/mol. The van der Waals surface area contributed by atoms with Crippen LogP contribution in [-0.4, -0.2) is 71.1 Å². The molecular formula is C26H35N5. The average molecular weight is 418 g/mol. The molecule has 3 aliphatic rings. The highest BCUT2D eigenvalue weighted by Crippen LogP contribution is 2.31. The van der Waals surface area contributed by atoms with E-state index in [9.17, 15) is 0 Å². The number of rotatable bonds is 4. The first-order valence-electron chi connectivity index (χ1n) is 12.0. The number of piperidine rings is 1. The molecule has 164 valence electrons. The van der Waals surface area contributed by atoms with Crippen molar-refractivity contribution in [1.29, 1.82) is 0 Å². The van der Waals surface area contributed by atoms with Crippen molar-refractivity contribution in [2.75, 3.05) is 44.2 Å². The van der Waals surface area contributed by atoms with Gasteiger partial charge in [-0.2, -0.15) is 0 Å². The maximum absolute atomic E-state index is 5.08. The summed E-state index contributed by atoms with van der Waals surface area (Å²) in [6.45, 7) is 11.7. The van der Waals surface area contributed by atoms with Gasteiger partial charge >= 0.3 is 0 Å². The second-order valence-electron chi connectivity index (χ2n) is 9.54. The minimum atomic E-state index is 0.679. The lowest BCUT2D eigenvalue weighted by Gasteiger charge is -2.39. The van der Waals surface area contributed by atoms with E-state index in [4.69, 9.17) is 4.98 Å². The molecule has 31 heavy (non-hydrogen) atoms. The first-order valence-corrected chi connectivity index (χ1v) is 12.0. The molecule has 2 aromatic rings. The van der Waals surface area contributed by atoms with Crippen molar-refractivity contribution in [3.63, 3.8) is 0 Å². The van der Waals surface area contributed by atoms with Gasteiger partial charge in [0.25, 0.3) is 0 Å². The molecule has 2 aliphatic heterocycles. The van der Waals surface area contributed by atoms with E-state index < -0.39 is 0 Å². The van der Waals surface area contributed by atoms with Crippen LogP contribution in [0.1, 0.15) is 49.9 Å². The van der Waals surface area contributed by atoms with Crippen molar-refractivity contribution < 1.29 is 0 Å². The van der Waals surface area contributed by atoms with Crippen LogP contribution in [0.3, 0.4) is 0 Å². The Kier molecular flexibility index (Phi) is 6.06. The minimum Gasteiger partial charge on any atom is -0.355 e. The van der Waals surface area contributed by atoms with Crippen LogP contribution in [0.25, 0.3) is 11.6 Å². The number of nitrogens with zero attached hydrogens (tertiary/aromatic N) is 5. The van der Waals surface area contributed by atoms with Gasteiger partial charge in [0.2, 0.25) is 0 Å². The molecule has 2 aromatic heterocycles. The van der Waals surface area contributed by atoms with Gasteiger partial charge in [-0.15, -0.1) is 0 Å². The van der Waals surface area contributed by atoms with Crippen LogP contribution < -0.4 is 4.90 Å². The summed E-state index contributed by atoms with van der Waals surface area (Å²) >= 11 is 0. The highest BCUT2D eigenvalue weighted by Gasteiger charge is 2.27. The normalized spacial score (nSPS) is 21.3. The van der Waals surface area contributed by atoms with Gasteiger partial charge in [0.15, 0.2) is 0 Å². The molecule has 0 spiro atoms. The number of allylic oxidation sites excluding steroid dienone is 1. The highest BCUT2D eigenvalue weighted by molar-refractivity contribution is 5.87. The van der Waals surface area contributed by atoms with Crippen LogP contribution in [0.2, 0.25) is 0 Å². The van der Waals surface area contributed by atoms with Crippen LogP contribution in [-0.2, 0) is 6.42 Å². The van der Waals surface area contributed by atoms with Gasteiger partial charge in [-0.3, -0.25) is 9.88 Å². The lowest BCUT2D eigenvalue weighted by Crippen LogP contribution is -2.47. The molecule has 0 N–H and O–H groups in total. The quantitative estimate of drug-likeness (QED) is 0.753. The molecule has 5 nitrogen and oxygen atoms in total. The van der Waals surface area contributed by atoms with Gasteiger partial charge in [-0.25, -0.2) is 4.98 Å². The van der Waals surface area contributed by atoms with Crippen LogP contribution in [0.4, 0.5) is 5.82 Å². The van der Waals surface area contributed by atoms with Crippen LogP contribution in [0.15, 0.2) is 36.7 Å². The molecule has 1 aliphatic carbocycles. The topological polar surface area (TPSA) is 35.5 Å². The first-order chi connectivity index (χ1) is 15.2. The Morgan fingerprint density at radius 2 is 1.84 bits per heavy atom. The van der Waals surface area contributed by atoms with Crippen LogP contribution >= 0.6 is 0 Å². The number of aromatic nitrogens is 2. The summed E-state index contributed by atoms with van der Waals surface area (Å²) in [6.07, 6.45) is 10.9. The van der Waals surface area contributed by atoms with E-state index in [-0.39, 0.29) is 0 Å². The molecule has 2 fully saturated rings. The summed E-state index contributed by atoms with van der Waals surface area (Å²) in [5.41, 5.74) is 5.00. The summed E-state index contributed by atoms with van der Waals surface area (Å²) in [7, 11) is 0. The number of hydrogen-bond donors (Lipinski definition) is 0. The molecule has 0 saturated carbocycles. The predicted molar refractivity (Wildman–Crippen MR) is 128 cm³/mol. The number of hydrogen-bond acceptors (Lipinski definition) is 5. The SMILES string of the molecule is CC(C)N1CCC(N2CCCN(c3cccc(C4=Cc5ccncc5C4)n3)CC2)CC1. The van der Waals surface area contributed by atoms with Gasteiger partial charge in [0.1, 0.15) is 5.82 Å². The Hall–Kier alpha value is -2.24. The van der Waals surface area contributed by atoms with E-state index in [0.717, 1.165) is 43.6 Å². The Morgan fingerprint density at radius 3 is 2.65 bits per heavy atom. The van der Waals surface area contributed by atoms with Crippen molar-refractivity contribution in [2.24, 2.45) is 0 Å². The summed E-state index contributed by atoms with van der Waals surface area (Å²) in [5.74, 6) is 1.13. The fraction of sp³-hybridized carbons (Fsp3) is 0.538. The second kappa shape index (κ2) is 9.09. The summed E-state index contributed by atoms with van der Waals surface area (Å²) in [6, 6.07) is 10.0. The number of pyridine rings is 2. The molecule has 0 atom stereocenters. The summed E-state index contributed by atoms with van der Waals surface area (Å²) < 4.78 is 0. The van der Waals surface area contributed by atoms with Gasteiger partial charge in [0.05, 0.1) is 5.69 Å². The van der Waals surface area contributed by atoms with Crippen LogP contribution in [0, 0.1) is 0 Å². The number of likely N-dealkylation sites (tertiary alicyclic amines) is 1. The smallest absolute Gasteiger partial charge is 0.129 e. The van der Waals surface area contributed by atoms with Crippen molar-refractivity contribution in [3.8, 4) is 0 Å². The summed E-state index contributed by atoms with van der Waals surface area (Å²) in [4.78, 5) is 17.2. The van der Waals surface area contributed by atoms with Gasteiger partial charge in [-0.05, 0) is 87.2 Å². The highest BCUT2D eigenvalue weighted by atomic mass is 15.3. The number of anilines is 1. The van der Waals surface area contributed by atoms with Gasteiger partial charge < -0.3 is 9.80 Å². The lowest BCUT2D eigenvalue weighted by molar-refractivity contribution is 0.0965. The molecule has 0 bridgehead atoms. The zero-order valence-corrected chi connectivity index (χ0v) is 19.0. The largest absolute Gasteiger partial charge is 0.355 e. The third-order valence-electron chi connectivity index (χ3n) is 7.32. The molecule has 5 rings (SSSR count). The molecule has 5 heteroatoms. The Balaban J connectivity index is 1.23. The van der Waals surface area contributed by atoms with Crippen molar-refractivity contribution in [2.45, 2.75) is 51.6 Å². The summed E-state index contributed by atoms with van der Waals surface area (Å²) in [5, 5.41) is 0. The molecule has 0 amide bonds. The van der Waals surface area contributed by atoms with Crippen molar-refractivity contribution in [1.82, 2.24) is 19.8 Å². The fourth-order valence-electron chi connectivity index (χ4n) is 5.41. The second-order valence-corrected chi connectivity index (χ2v) is 9.54. The van der Waals surface area contributed by atoms with E-state index in [2.05, 4.69) is 63.9 Å². The van der Waals surface area contributed by atoms with Crippen molar-refractivity contribution >= 4 is 17.5 Å². The van der Waals surface area contributed by atoms with E-state index in [1.54, 1.807) is 0 Å². The zero-order valence-electron chi connectivity index (χ0n) is 19.0. The standard InChI is InChI=1S/C26H35N5/c1-20(2)29-13-8-24(9-14-29)30-11-4-12-31(16-15-30)26-6-3-5-25(28-26)22-17-21-7-10-27-19-23(21)18-22/h3,5-7,10,17,19-20,24H,4,8-9,11-16,18H2,1-2H3. The maximum atomic E-state index is 5.08. The molecule has 0 radical (unpaired) electrons. The lowest BCUT2D eigenvalue weighted by atomic mass is 10.0. The van der Waals surface area contributed by atoms with Crippen molar-refractivity contribution in [3.05, 3.63) is 53.5 Å². The Labute approximate surface area is 186 Å². The third-order valence-corrected chi connectivity index (χ3v) is 7.32. The number of fused-ring (bicyclic) bond motifs is 1. The molecule has 4 heterocycles. The predicted octanol–water partition coefficient (Wildman–Crippen LogP) is 3.96. The zero-order chi connectivity index (χ0) is 21.2. The van der Waals surface area contributed by atoms with E-state index in [1.807, 2.05) is 12.4 Å². The Bertz CT molecular complexity index is 929. The van der Waals surface area contributed by atoms with Gasteiger partial charge in [0, 0.05) is 57.1 Å². The maximum Gasteiger partial charge on any atom is 0.129 e.